The third-order valence-corrected chi connectivity index (χ3v) is 5.01. The summed E-state index contributed by atoms with van der Waals surface area (Å²) < 4.78 is 19.5. The molecule has 1 heterocycles. The van der Waals surface area contributed by atoms with Crippen LogP contribution in [0.5, 0.6) is 5.75 Å². The highest BCUT2D eigenvalue weighted by molar-refractivity contribution is 5.87. The fourth-order valence-corrected chi connectivity index (χ4v) is 3.57. The number of nitriles is 1. The smallest absolute Gasteiger partial charge is 0.318 e. The van der Waals surface area contributed by atoms with Crippen LogP contribution in [0.3, 0.4) is 0 Å². The molecule has 158 valence electrons. The molecule has 29 heavy (non-hydrogen) atoms. The van der Waals surface area contributed by atoms with E-state index in [1.807, 2.05) is 19.9 Å². The predicted molar refractivity (Wildman–Crippen MR) is 107 cm³/mol. The Morgan fingerprint density at radius 3 is 2.83 bits per heavy atom. The highest BCUT2D eigenvalue weighted by Gasteiger charge is 2.29. The third-order valence-electron chi connectivity index (χ3n) is 5.01. The van der Waals surface area contributed by atoms with E-state index in [-0.39, 0.29) is 36.1 Å². The van der Waals surface area contributed by atoms with Crippen LogP contribution in [-0.2, 0) is 4.79 Å². The van der Waals surface area contributed by atoms with Gasteiger partial charge in [-0.1, -0.05) is 13.8 Å². The standard InChI is InChI=1S/C21H29FN4O3/c1-14(2)11-19(20(27)24-9-8-23)25-21(28)26-10-4-5-15(13-26)17-12-16(29-3)6-7-18(17)22/h6-7,12,14-15,19H,4-5,9-11,13H2,1-3H3,(H,24,27)(H,25,28). The summed E-state index contributed by atoms with van der Waals surface area (Å²) in [7, 11) is 1.53. The number of benzene rings is 1. The van der Waals surface area contributed by atoms with Crippen LogP contribution in [0.2, 0.25) is 0 Å². The summed E-state index contributed by atoms with van der Waals surface area (Å²) in [5.74, 6) is -0.0598. The molecule has 2 N–H and O–H groups in total. The van der Waals surface area contributed by atoms with Crippen LogP contribution in [0.15, 0.2) is 18.2 Å². The molecule has 0 saturated carbocycles. The Bertz CT molecular complexity index is 763. The number of rotatable bonds is 7. The number of halogens is 1. The van der Waals surface area contributed by atoms with E-state index in [0.29, 0.717) is 30.8 Å². The maximum Gasteiger partial charge on any atom is 0.318 e. The molecule has 0 bridgehead atoms. The Morgan fingerprint density at radius 1 is 1.41 bits per heavy atom. The summed E-state index contributed by atoms with van der Waals surface area (Å²) >= 11 is 0. The van der Waals surface area contributed by atoms with Crippen molar-refractivity contribution in [3.63, 3.8) is 0 Å². The SMILES string of the molecule is COc1ccc(F)c(C2CCCN(C(=O)NC(CC(C)C)C(=O)NCC#N)C2)c1. The number of methoxy groups -OCH3 is 1. The first-order chi connectivity index (χ1) is 13.8. The van der Waals surface area contributed by atoms with Crippen molar-refractivity contribution in [1.29, 1.82) is 5.26 Å². The lowest BCUT2D eigenvalue weighted by molar-refractivity contribution is -0.123. The second-order valence-electron chi connectivity index (χ2n) is 7.68. The van der Waals surface area contributed by atoms with Gasteiger partial charge in [-0.2, -0.15) is 5.26 Å². The van der Waals surface area contributed by atoms with Crippen molar-refractivity contribution < 1.29 is 18.7 Å². The molecule has 2 unspecified atom stereocenters. The number of hydrogen-bond donors (Lipinski definition) is 2. The summed E-state index contributed by atoms with van der Waals surface area (Å²) in [5, 5.41) is 13.9. The van der Waals surface area contributed by atoms with E-state index in [9.17, 15) is 14.0 Å². The minimum absolute atomic E-state index is 0.107. The summed E-state index contributed by atoms with van der Waals surface area (Å²) in [5.41, 5.74) is 0.535. The number of urea groups is 1. The van der Waals surface area contributed by atoms with Crippen molar-refractivity contribution in [2.24, 2.45) is 5.92 Å². The minimum Gasteiger partial charge on any atom is -0.497 e. The molecule has 8 heteroatoms. The topological polar surface area (TPSA) is 94.5 Å². The summed E-state index contributed by atoms with van der Waals surface area (Å²) in [6.45, 7) is 4.72. The van der Waals surface area contributed by atoms with E-state index in [1.165, 1.54) is 13.2 Å². The third kappa shape index (κ3) is 6.34. The van der Waals surface area contributed by atoms with Crippen LogP contribution >= 0.6 is 0 Å². The van der Waals surface area contributed by atoms with Crippen molar-refractivity contribution in [3.05, 3.63) is 29.6 Å². The van der Waals surface area contributed by atoms with E-state index < -0.39 is 6.04 Å². The van der Waals surface area contributed by atoms with Crippen LogP contribution in [0.1, 0.15) is 44.6 Å². The first kappa shape index (κ1) is 22.5. The van der Waals surface area contributed by atoms with Gasteiger partial charge in [0.05, 0.1) is 13.2 Å². The quantitative estimate of drug-likeness (QED) is 0.683. The second-order valence-corrected chi connectivity index (χ2v) is 7.68. The molecule has 0 spiro atoms. The van der Waals surface area contributed by atoms with E-state index >= 15 is 0 Å². The summed E-state index contributed by atoms with van der Waals surface area (Å²) in [6, 6.07) is 5.42. The molecule has 1 aliphatic heterocycles. The number of piperidine rings is 1. The molecular weight excluding hydrogens is 375 g/mol. The lowest BCUT2D eigenvalue weighted by atomic mass is 9.90. The van der Waals surface area contributed by atoms with Gasteiger partial charge in [0.1, 0.15) is 24.2 Å². The number of carbonyl (C=O) groups is 2. The van der Waals surface area contributed by atoms with Gasteiger partial charge in [-0.25, -0.2) is 9.18 Å². The van der Waals surface area contributed by atoms with Gasteiger partial charge >= 0.3 is 6.03 Å². The predicted octanol–water partition coefficient (Wildman–Crippen LogP) is 2.78. The van der Waals surface area contributed by atoms with Gasteiger partial charge in [0.25, 0.3) is 0 Å². The number of carbonyl (C=O) groups excluding carboxylic acids is 2. The minimum atomic E-state index is -0.718. The first-order valence-corrected chi connectivity index (χ1v) is 9.89. The largest absolute Gasteiger partial charge is 0.497 e. The Labute approximate surface area is 171 Å². The van der Waals surface area contributed by atoms with E-state index in [2.05, 4.69) is 10.6 Å². The van der Waals surface area contributed by atoms with E-state index in [1.54, 1.807) is 17.0 Å². The Kier molecular flexibility index (Phi) is 8.25. The van der Waals surface area contributed by atoms with Crippen molar-refractivity contribution in [1.82, 2.24) is 15.5 Å². The van der Waals surface area contributed by atoms with Crippen LogP contribution in [-0.4, -0.2) is 49.6 Å². The molecule has 0 aliphatic carbocycles. The Hall–Kier alpha value is -2.82. The number of amides is 3. The average molecular weight is 404 g/mol. The number of nitrogens with zero attached hydrogens (tertiary/aromatic N) is 2. The van der Waals surface area contributed by atoms with Crippen LogP contribution in [0.4, 0.5) is 9.18 Å². The second kappa shape index (κ2) is 10.6. The number of ether oxygens (including phenoxy) is 1. The molecular formula is C21H29FN4O3. The molecule has 1 saturated heterocycles. The molecule has 1 aromatic carbocycles. The fourth-order valence-electron chi connectivity index (χ4n) is 3.57. The average Bonchev–Trinajstić information content (AvgIpc) is 2.71. The maximum atomic E-state index is 14.3. The molecule has 7 nitrogen and oxygen atoms in total. The molecule has 1 aromatic rings. The molecule has 2 rings (SSSR count). The highest BCUT2D eigenvalue weighted by Crippen LogP contribution is 2.31. The molecule has 2 atom stereocenters. The van der Waals surface area contributed by atoms with Crippen LogP contribution < -0.4 is 15.4 Å². The van der Waals surface area contributed by atoms with Crippen LogP contribution in [0.25, 0.3) is 0 Å². The Morgan fingerprint density at radius 2 is 2.17 bits per heavy atom. The van der Waals surface area contributed by atoms with Gasteiger partial charge in [0.2, 0.25) is 5.91 Å². The number of hydrogen-bond acceptors (Lipinski definition) is 4. The number of likely N-dealkylation sites (tertiary alicyclic amines) is 1. The zero-order chi connectivity index (χ0) is 21.4. The van der Waals surface area contributed by atoms with Gasteiger partial charge in [0, 0.05) is 19.0 Å². The van der Waals surface area contributed by atoms with Crippen molar-refractivity contribution in [2.75, 3.05) is 26.7 Å². The first-order valence-electron chi connectivity index (χ1n) is 9.89. The van der Waals surface area contributed by atoms with Crippen molar-refractivity contribution >= 4 is 11.9 Å². The van der Waals surface area contributed by atoms with Gasteiger partial charge in [-0.3, -0.25) is 4.79 Å². The van der Waals surface area contributed by atoms with Gasteiger partial charge in [0.15, 0.2) is 0 Å². The van der Waals surface area contributed by atoms with Gasteiger partial charge < -0.3 is 20.3 Å². The normalized spacial score (nSPS) is 17.4. The molecule has 1 fully saturated rings. The van der Waals surface area contributed by atoms with E-state index in [0.717, 1.165) is 12.8 Å². The summed E-state index contributed by atoms with van der Waals surface area (Å²) in [6.07, 6.45) is 1.97. The fraction of sp³-hybridized carbons (Fsp3) is 0.571. The molecule has 0 aromatic heterocycles. The van der Waals surface area contributed by atoms with Gasteiger partial charge in [-0.15, -0.1) is 0 Å². The highest BCUT2D eigenvalue weighted by atomic mass is 19.1. The maximum absolute atomic E-state index is 14.3. The number of nitrogens with one attached hydrogen (secondary N) is 2. The lowest BCUT2D eigenvalue weighted by Crippen LogP contribution is -2.53. The molecule has 0 radical (unpaired) electrons. The van der Waals surface area contributed by atoms with Crippen molar-refractivity contribution in [2.45, 2.75) is 45.1 Å². The zero-order valence-electron chi connectivity index (χ0n) is 17.2. The summed E-state index contributed by atoms with van der Waals surface area (Å²) in [4.78, 5) is 26.7. The monoisotopic (exact) mass is 404 g/mol. The molecule has 3 amide bonds. The van der Waals surface area contributed by atoms with E-state index in [4.69, 9.17) is 10.00 Å². The zero-order valence-corrected chi connectivity index (χ0v) is 17.2. The van der Waals surface area contributed by atoms with Crippen molar-refractivity contribution in [3.8, 4) is 11.8 Å². The lowest BCUT2D eigenvalue weighted by Gasteiger charge is -2.34. The van der Waals surface area contributed by atoms with Crippen LogP contribution in [0, 0.1) is 23.1 Å². The Balaban J connectivity index is 2.07. The molecule has 1 aliphatic rings. The van der Waals surface area contributed by atoms with Gasteiger partial charge in [-0.05, 0) is 48.9 Å².